The Morgan fingerprint density at radius 1 is 1.20 bits per heavy atom. The summed E-state index contributed by atoms with van der Waals surface area (Å²) in [6, 6.07) is 8.85. The Morgan fingerprint density at radius 3 is 2.70 bits per heavy atom. The van der Waals surface area contributed by atoms with E-state index in [9.17, 15) is 0 Å². The van der Waals surface area contributed by atoms with Crippen molar-refractivity contribution in [1.82, 2.24) is 15.3 Å². The zero-order valence-corrected chi connectivity index (χ0v) is 12.2. The van der Waals surface area contributed by atoms with Crippen molar-refractivity contribution in [3.05, 3.63) is 30.6 Å². The van der Waals surface area contributed by atoms with Crippen molar-refractivity contribution in [2.45, 2.75) is 25.8 Å². The Bertz CT molecular complexity index is 570. The fraction of sp³-hybridized carbons (Fsp3) is 0.500. The summed E-state index contributed by atoms with van der Waals surface area (Å²) in [7, 11) is 2.05. The quantitative estimate of drug-likeness (QED) is 0.930. The maximum atomic E-state index is 4.52. The molecule has 0 aliphatic carbocycles. The Labute approximate surface area is 120 Å². The summed E-state index contributed by atoms with van der Waals surface area (Å²) >= 11 is 0. The highest BCUT2D eigenvalue weighted by Crippen LogP contribution is 2.28. The first kappa shape index (κ1) is 13.3. The van der Waals surface area contributed by atoms with Gasteiger partial charge < -0.3 is 10.2 Å². The van der Waals surface area contributed by atoms with Crippen molar-refractivity contribution in [1.29, 1.82) is 0 Å². The summed E-state index contributed by atoms with van der Waals surface area (Å²) < 4.78 is 0. The second kappa shape index (κ2) is 5.75. The molecule has 4 nitrogen and oxygen atoms in total. The lowest BCUT2D eigenvalue weighted by Gasteiger charge is -2.35. The first-order valence-corrected chi connectivity index (χ1v) is 7.41. The van der Waals surface area contributed by atoms with Crippen molar-refractivity contribution in [3.63, 3.8) is 0 Å². The normalized spacial score (nSPS) is 18.4. The first-order chi connectivity index (χ1) is 9.79. The largest absolute Gasteiger partial charge is 0.356 e. The summed E-state index contributed by atoms with van der Waals surface area (Å²) in [4.78, 5) is 11.3. The topological polar surface area (TPSA) is 41.0 Å². The molecule has 2 aromatic rings. The lowest BCUT2D eigenvalue weighted by atomic mass is 9.90. The van der Waals surface area contributed by atoms with Gasteiger partial charge in [-0.15, -0.1) is 0 Å². The summed E-state index contributed by atoms with van der Waals surface area (Å²) in [5.41, 5.74) is 1.03. The van der Waals surface area contributed by atoms with Gasteiger partial charge >= 0.3 is 0 Å². The zero-order chi connectivity index (χ0) is 13.9. The van der Waals surface area contributed by atoms with Crippen molar-refractivity contribution in [2.24, 2.45) is 5.92 Å². The second-order valence-corrected chi connectivity index (χ2v) is 5.62. The summed E-state index contributed by atoms with van der Waals surface area (Å²) in [5, 5.41) is 4.54. The van der Waals surface area contributed by atoms with Crippen LogP contribution < -0.4 is 10.2 Å². The number of aromatic nitrogens is 2. The van der Waals surface area contributed by atoms with Crippen LogP contribution in [-0.4, -0.2) is 36.1 Å². The molecule has 1 fully saturated rings. The van der Waals surface area contributed by atoms with Gasteiger partial charge in [0.1, 0.15) is 12.1 Å². The molecule has 106 valence electrons. The lowest BCUT2D eigenvalue weighted by molar-refractivity contribution is 0.323. The van der Waals surface area contributed by atoms with E-state index in [0.29, 0.717) is 6.04 Å². The number of nitrogens with one attached hydrogen (secondary N) is 1. The molecule has 0 bridgehead atoms. The van der Waals surface area contributed by atoms with Gasteiger partial charge in [0.15, 0.2) is 0 Å². The van der Waals surface area contributed by atoms with Crippen molar-refractivity contribution < 1.29 is 0 Å². The van der Waals surface area contributed by atoms with Crippen LogP contribution in [0.1, 0.15) is 19.8 Å². The van der Waals surface area contributed by atoms with Gasteiger partial charge in [-0.2, -0.15) is 0 Å². The molecule has 1 aliphatic heterocycles. The van der Waals surface area contributed by atoms with E-state index in [2.05, 4.69) is 52.4 Å². The molecule has 1 aromatic heterocycles. The van der Waals surface area contributed by atoms with Crippen molar-refractivity contribution in [3.8, 4) is 0 Å². The van der Waals surface area contributed by atoms with Crippen LogP contribution in [0, 0.1) is 5.92 Å². The van der Waals surface area contributed by atoms with Crippen molar-refractivity contribution >= 4 is 16.7 Å². The minimum absolute atomic E-state index is 0.597. The van der Waals surface area contributed by atoms with Crippen LogP contribution in [0.5, 0.6) is 0 Å². The highest BCUT2D eigenvalue weighted by molar-refractivity contribution is 5.89. The molecular formula is C16H22N4. The van der Waals surface area contributed by atoms with Gasteiger partial charge in [0.25, 0.3) is 0 Å². The molecule has 20 heavy (non-hydrogen) atoms. The van der Waals surface area contributed by atoms with E-state index in [4.69, 9.17) is 0 Å². The Morgan fingerprint density at radius 2 is 1.95 bits per heavy atom. The molecule has 0 radical (unpaired) electrons. The zero-order valence-electron chi connectivity index (χ0n) is 12.2. The molecule has 1 N–H and O–H groups in total. The van der Waals surface area contributed by atoms with Crippen LogP contribution in [0.15, 0.2) is 30.6 Å². The summed E-state index contributed by atoms with van der Waals surface area (Å²) in [5.74, 6) is 1.86. The lowest BCUT2D eigenvalue weighted by Crippen LogP contribution is -2.41. The van der Waals surface area contributed by atoms with Crippen LogP contribution in [0.3, 0.4) is 0 Å². The van der Waals surface area contributed by atoms with Crippen LogP contribution in [0.25, 0.3) is 10.9 Å². The van der Waals surface area contributed by atoms with Gasteiger partial charge in [-0.1, -0.05) is 12.1 Å². The van der Waals surface area contributed by atoms with Gasteiger partial charge in [-0.3, -0.25) is 0 Å². The molecule has 0 saturated carbocycles. The van der Waals surface area contributed by atoms with Crippen LogP contribution in [0.2, 0.25) is 0 Å². The first-order valence-electron chi connectivity index (χ1n) is 7.41. The number of fused-ring (bicyclic) bond motifs is 1. The molecule has 1 aliphatic rings. The van der Waals surface area contributed by atoms with Gasteiger partial charge in [-0.25, -0.2) is 9.97 Å². The van der Waals surface area contributed by atoms with Gasteiger partial charge in [0.05, 0.1) is 5.52 Å². The van der Waals surface area contributed by atoms with Gasteiger partial charge in [-0.05, 0) is 44.9 Å². The predicted octanol–water partition coefficient (Wildman–Crippen LogP) is 2.45. The molecular weight excluding hydrogens is 248 g/mol. The number of rotatable bonds is 3. The molecule has 1 saturated heterocycles. The predicted molar refractivity (Wildman–Crippen MR) is 83.0 cm³/mol. The average molecular weight is 270 g/mol. The van der Waals surface area contributed by atoms with E-state index >= 15 is 0 Å². The molecule has 1 unspecified atom stereocenters. The van der Waals surface area contributed by atoms with Gasteiger partial charge in [0.2, 0.25) is 0 Å². The standard InChI is InChI=1S/C16H22N4/c1-12(17-2)13-7-9-20(10-8-13)16-14-5-3-4-6-15(14)18-11-19-16/h3-6,11-13,17H,7-10H2,1-2H3. The highest BCUT2D eigenvalue weighted by atomic mass is 15.2. The van der Waals surface area contributed by atoms with E-state index in [-0.39, 0.29) is 0 Å². The highest BCUT2D eigenvalue weighted by Gasteiger charge is 2.24. The molecule has 3 rings (SSSR count). The number of hydrogen-bond acceptors (Lipinski definition) is 4. The summed E-state index contributed by atoms with van der Waals surface area (Å²) in [6.07, 6.45) is 4.13. The molecule has 1 aromatic carbocycles. The minimum atomic E-state index is 0.597. The number of hydrogen-bond donors (Lipinski definition) is 1. The number of para-hydroxylation sites is 1. The van der Waals surface area contributed by atoms with Crippen LogP contribution in [0.4, 0.5) is 5.82 Å². The smallest absolute Gasteiger partial charge is 0.139 e. The maximum absolute atomic E-state index is 4.52. The monoisotopic (exact) mass is 270 g/mol. The number of piperidine rings is 1. The van der Waals surface area contributed by atoms with Gasteiger partial charge in [0, 0.05) is 24.5 Å². The number of anilines is 1. The third kappa shape index (κ3) is 2.48. The van der Waals surface area contributed by atoms with E-state index in [1.54, 1.807) is 6.33 Å². The van der Waals surface area contributed by atoms with Crippen LogP contribution >= 0.6 is 0 Å². The Kier molecular flexibility index (Phi) is 3.83. The fourth-order valence-corrected chi connectivity index (χ4v) is 3.09. The summed E-state index contributed by atoms with van der Waals surface area (Å²) in [6.45, 7) is 4.44. The molecule has 0 amide bonds. The Balaban J connectivity index is 1.80. The average Bonchev–Trinajstić information content (AvgIpc) is 2.54. The molecule has 2 heterocycles. The van der Waals surface area contributed by atoms with Crippen molar-refractivity contribution in [2.75, 3.05) is 25.0 Å². The van der Waals surface area contributed by atoms with E-state index in [1.165, 1.54) is 12.8 Å². The Hall–Kier alpha value is -1.68. The fourth-order valence-electron chi connectivity index (χ4n) is 3.09. The van der Waals surface area contributed by atoms with E-state index in [0.717, 1.165) is 35.7 Å². The molecule has 4 heteroatoms. The second-order valence-electron chi connectivity index (χ2n) is 5.62. The van der Waals surface area contributed by atoms with Crippen LogP contribution in [-0.2, 0) is 0 Å². The SMILES string of the molecule is CNC(C)C1CCN(c2ncnc3ccccc23)CC1. The maximum Gasteiger partial charge on any atom is 0.139 e. The number of nitrogens with zero attached hydrogens (tertiary/aromatic N) is 3. The van der Waals surface area contributed by atoms with E-state index in [1.807, 2.05) is 6.07 Å². The third-order valence-electron chi connectivity index (χ3n) is 4.52. The molecule has 0 spiro atoms. The third-order valence-corrected chi connectivity index (χ3v) is 4.52. The minimum Gasteiger partial charge on any atom is -0.356 e. The number of benzene rings is 1. The van der Waals surface area contributed by atoms with E-state index < -0.39 is 0 Å². The molecule has 1 atom stereocenters.